The first-order valence-electron chi connectivity index (χ1n) is 3.76. The van der Waals surface area contributed by atoms with Crippen LogP contribution in [-0.4, -0.2) is 40.4 Å². The highest BCUT2D eigenvalue weighted by Crippen LogP contribution is 2.34. The lowest BCUT2D eigenvalue weighted by molar-refractivity contribution is 0.0459. The van der Waals surface area contributed by atoms with Crippen molar-refractivity contribution >= 4 is 7.60 Å². The highest BCUT2D eigenvalue weighted by molar-refractivity contribution is 7.51. The molecule has 0 radical (unpaired) electrons. The minimum Gasteiger partial charge on any atom is -0.390 e. The van der Waals surface area contributed by atoms with Gasteiger partial charge >= 0.3 is 7.60 Å². The maximum absolute atomic E-state index is 10.4. The Morgan fingerprint density at radius 3 is 2.50 bits per heavy atom. The summed E-state index contributed by atoms with van der Waals surface area (Å²) in [4.78, 5) is 16.9. The van der Waals surface area contributed by atoms with Crippen molar-refractivity contribution in [2.24, 2.45) is 0 Å². The molecule has 0 bridgehead atoms. The molecule has 1 unspecified atom stereocenters. The number of rotatable bonds is 6. The Balaban J connectivity index is 3.46. The van der Waals surface area contributed by atoms with Gasteiger partial charge in [-0.3, -0.25) is 4.57 Å². The molecule has 74 valence electrons. The van der Waals surface area contributed by atoms with Crippen LogP contribution in [0.15, 0.2) is 0 Å². The van der Waals surface area contributed by atoms with Crippen molar-refractivity contribution in [2.75, 3.05) is 19.4 Å². The molecule has 0 aliphatic carbocycles. The van der Waals surface area contributed by atoms with Gasteiger partial charge in [-0.15, -0.1) is 0 Å². The fourth-order valence-electron chi connectivity index (χ4n) is 0.691. The molecular formula is C6H15O5P. The molecule has 0 spiro atoms. The molecule has 1 atom stereocenters. The van der Waals surface area contributed by atoms with E-state index < -0.39 is 19.9 Å². The van der Waals surface area contributed by atoms with Crippen molar-refractivity contribution in [3.8, 4) is 0 Å². The molecule has 0 saturated heterocycles. The highest BCUT2D eigenvalue weighted by Gasteiger charge is 2.19. The van der Waals surface area contributed by atoms with Crippen LogP contribution in [0.2, 0.25) is 0 Å². The van der Waals surface area contributed by atoms with Gasteiger partial charge < -0.3 is 19.6 Å². The second kappa shape index (κ2) is 5.67. The normalized spacial score (nSPS) is 14.7. The maximum atomic E-state index is 10.4. The van der Waals surface area contributed by atoms with E-state index in [2.05, 4.69) is 0 Å². The van der Waals surface area contributed by atoms with Gasteiger partial charge in [0.1, 0.15) is 0 Å². The number of hydrogen-bond acceptors (Lipinski definition) is 3. The van der Waals surface area contributed by atoms with Gasteiger partial charge in [0.05, 0.1) is 18.9 Å². The third kappa shape index (κ3) is 8.17. The van der Waals surface area contributed by atoms with Crippen LogP contribution >= 0.6 is 7.60 Å². The molecule has 0 amide bonds. The first kappa shape index (κ1) is 12.1. The third-order valence-corrected chi connectivity index (χ3v) is 2.00. The standard InChI is InChI=1S/C6H15O5P/c1-2-3-11-4-6(7)5-12(8,9)10/h6-7H,2-5H2,1H3,(H2,8,9,10). The molecule has 0 aromatic rings. The van der Waals surface area contributed by atoms with Crippen LogP contribution in [0.1, 0.15) is 13.3 Å². The molecule has 12 heavy (non-hydrogen) atoms. The minimum absolute atomic E-state index is 0.0149. The van der Waals surface area contributed by atoms with Gasteiger partial charge in [-0.05, 0) is 6.42 Å². The molecule has 6 heteroatoms. The SMILES string of the molecule is CCCOCC(O)CP(=O)(O)O. The summed E-state index contributed by atoms with van der Waals surface area (Å²) in [6.45, 7) is 2.40. The zero-order valence-corrected chi connectivity index (χ0v) is 7.91. The van der Waals surface area contributed by atoms with Crippen LogP contribution in [-0.2, 0) is 9.30 Å². The number of aliphatic hydroxyl groups is 1. The smallest absolute Gasteiger partial charge is 0.328 e. The molecule has 0 rings (SSSR count). The molecule has 5 nitrogen and oxygen atoms in total. The molecule has 0 aromatic heterocycles. The van der Waals surface area contributed by atoms with E-state index in [1.165, 1.54) is 0 Å². The summed E-state index contributed by atoms with van der Waals surface area (Å²) in [5.41, 5.74) is 0. The zero-order chi connectivity index (χ0) is 9.61. The van der Waals surface area contributed by atoms with Gasteiger partial charge in [0, 0.05) is 6.61 Å². The molecule has 3 N–H and O–H groups in total. The van der Waals surface area contributed by atoms with Crippen molar-refractivity contribution in [3.63, 3.8) is 0 Å². The van der Waals surface area contributed by atoms with E-state index in [-0.39, 0.29) is 6.61 Å². The summed E-state index contributed by atoms with van der Waals surface area (Å²) in [6.07, 6.45) is -0.781. The Kier molecular flexibility index (Phi) is 5.70. The van der Waals surface area contributed by atoms with Crippen molar-refractivity contribution in [1.29, 1.82) is 0 Å². The van der Waals surface area contributed by atoms with Gasteiger partial charge in [0.2, 0.25) is 0 Å². The quantitative estimate of drug-likeness (QED) is 0.411. The van der Waals surface area contributed by atoms with Crippen LogP contribution in [0.25, 0.3) is 0 Å². The predicted octanol–water partition coefficient (Wildman–Crippen LogP) is -0.0484. The van der Waals surface area contributed by atoms with E-state index in [9.17, 15) is 4.57 Å². The third-order valence-electron chi connectivity index (χ3n) is 1.11. The van der Waals surface area contributed by atoms with Crippen LogP contribution in [0.3, 0.4) is 0 Å². The average Bonchev–Trinajstić information content (AvgIpc) is 1.84. The maximum Gasteiger partial charge on any atom is 0.328 e. The van der Waals surface area contributed by atoms with Gasteiger partial charge in [-0.2, -0.15) is 0 Å². The van der Waals surface area contributed by atoms with E-state index in [1.807, 2.05) is 6.92 Å². The first-order valence-corrected chi connectivity index (χ1v) is 5.56. The van der Waals surface area contributed by atoms with E-state index >= 15 is 0 Å². The lowest BCUT2D eigenvalue weighted by Gasteiger charge is -2.11. The molecule has 0 fully saturated rings. The molecule has 0 heterocycles. The summed E-state index contributed by atoms with van der Waals surface area (Å²) in [6, 6.07) is 0. The number of hydrogen-bond donors (Lipinski definition) is 3. The molecule has 0 aliphatic heterocycles. The summed E-state index contributed by atoms with van der Waals surface area (Å²) in [5, 5.41) is 8.99. The van der Waals surface area contributed by atoms with Gasteiger partial charge in [0.25, 0.3) is 0 Å². The molecule has 0 aromatic carbocycles. The first-order chi connectivity index (χ1) is 5.45. The number of ether oxygens (including phenoxy) is 1. The predicted molar refractivity (Wildman–Crippen MR) is 44.0 cm³/mol. The molecular weight excluding hydrogens is 183 g/mol. The Bertz CT molecular complexity index is 154. The van der Waals surface area contributed by atoms with Gasteiger partial charge in [-0.25, -0.2) is 0 Å². The topological polar surface area (TPSA) is 87.0 Å². The zero-order valence-electron chi connectivity index (χ0n) is 7.01. The van der Waals surface area contributed by atoms with Gasteiger partial charge in [0.15, 0.2) is 0 Å². The van der Waals surface area contributed by atoms with Crippen molar-refractivity contribution in [1.82, 2.24) is 0 Å². The minimum atomic E-state index is -4.10. The van der Waals surface area contributed by atoms with Crippen molar-refractivity contribution < 1.29 is 24.2 Å². The van der Waals surface area contributed by atoms with Crippen LogP contribution in [0.5, 0.6) is 0 Å². The van der Waals surface area contributed by atoms with E-state index in [0.29, 0.717) is 6.61 Å². The van der Waals surface area contributed by atoms with E-state index in [0.717, 1.165) is 6.42 Å². The monoisotopic (exact) mass is 198 g/mol. The van der Waals surface area contributed by atoms with Gasteiger partial charge in [-0.1, -0.05) is 6.92 Å². The Morgan fingerprint density at radius 2 is 2.08 bits per heavy atom. The lowest BCUT2D eigenvalue weighted by Crippen LogP contribution is -2.20. The Morgan fingerprint density at radius 1 is 1.50 bits per heavy atom. The largest absolute Gasteiger partial charge is 0.390 e. The Hall–Kier alpha value is 0.0700. The lowest BCUT2D eigenvalue weighted by atomic mass is 10.4. The summed E-state index contributed by atoms with van der Waals surface area (Å²) in [7, 11) is -4.10. The molecule has 0 aliphatic rings. The number of aliphatic hydroxyl groups excluding tert-OH is 1. The summed E-state index contributed by atoms with van der Waals surface area (Å²) in [5.74, 6) is 0. The summed E-state index contributed by atoms with van der Waals surface area (Å²) >= 11 is 0. The fraction of sp³-hybridized carbons (Fsp3) is 1.00. The fourth-order valence-corrected chi connectivity index (χ4v) is 1.35. The van der Waals surface area contributed by atoms with Crippen LogP contribution in [0, 0.1) is 0 Å². The Labute approximate surface area is 71.5 Å². The summed E-state index contributed by atoms with van der Waals surface area (Å²) < 4.78 is 15.3. The average molecular weight is 198 g/mol. The second-order valence-corrected chi connectivity index (χ2v) is 4.27. The van der Waals surface area contributed by atoms with Crippen LogP contribution < -0.4 is 0 Å². The van der Waals surface area contributed by atoms with Crippen molar-refractivity contribution in [2.45, 2.75) is 19.4 Å². The van der Waals surface area contributed by atoms with Crippen LogP contribution in [0.4, 0.5) is 0 Å². The highest BCUT2D eigenvalue weighted by atomic mass is 31.2. The van der Waals surface area contributed by atoms with E-state index in [1.54, 1.807) is 0 Å². The van der Waals surface area contributed by atoms with Crippen molar-refractivity contribution in [3.05, 3.63) is 0 Å². The second-order valence-electron chi connectivity index (χ2n) is 2.58. The molecule has 0 saturated carbocycles. The van der Waals surface area contributed by atoms with E-state index in [4.69, 9.17) is 19.6 Å².